The molecule has 0 aliphatic rings. The lowest BCUT2D eigenvalue weighted by Crippen LogP contribution is -2.12. The second-order valence-electron chi connectivity index (χ2n) is 5.64. The Morgan fingerprint density at radius 2 is 1.96 bits per heavy atom. The van der Waals surface area contributed by atoms with Crippen molar-refractivity contribution in [2.24, 2.45) is 0 Å². The maximum absolute atomic E-state index is 12.2. The minimum absolute atomic E-state index is 0.299. The van der Waals surface area contributed by atoms with Crippen LogP contribution in [0.15, 0.2) is 65.3 Å². The third-order valence-electron chi connectivity index (χ3n) is 3.88. The Kier molecular flexibility index (Phi) is 5.98. The van der Waals surface area contributed by atoms with Crippen molar-refractivity contribution in [3.8, 4) is 5.75 Å². The molecule has 1 heterocycles. The van der Waals surface area contributed by atoms with Gasteiger partial charge in [0.15, 0.2) is 12.4 Å². The van der Waals surface area contributed by atoms with Crippen LogP contribution in [0, 0.1) is 0 Å². The van der Waals surface area contributed by atoms with Crippen molar-refractivity contribution in [2.45, 2.75) is 0 Å². The maximum Gasteiger partial charge on any atom is 0.331 e. The van der Waals surface area contributed by atoms with E-state index in [4.69, 9.17) is 9.47 Å². The van der Waals surface area contributed by atoms with Crippen LogP contribution in [-0.2, 0) is 9.53 Å². The molecule has 0 radical (unpaired) electrons. The smallest absolute Gasteiger partial charge is 0.331 e. The maximum atomic E-state index is 12.2. The molecule has 0 aliphatic carbocycles. The lowest BCUT2D eigenvalue weighted by atomic mass is 10.1. The van der Waals surface area contributed by atoms with Gasteiger partial charge in [0.1, 0.15) is 5.75 Å². The van der Waals surface area contributed by atoms with E-state index in [2.05, 4.69) is 20.9 Å². The van der Waals surface area contributed by atoms with Gasteiger partial charge < -0.3 is 9.47 Å². The zero-order valence-corrected chi connectivity index (χ0v) is 16.1. The first-order valence-electron chi connectivity index (χ1n) is 8.14. The summed E-state index contributed by atoms with van der Waals surface area (Å²) < 4.78 is 10.8. The fourth-order valence-corrected chi connectivity index (χ4v) is 3.07. The highest BCUT2D eigenvalue weighted by Gasteiger charge is 2.11. The lowest BCUT2D eigenvalue weighted by molar-refractivity contribution is -0.136. The van der Waals surface area contributed by atoms with Crippen LogP contribution in [0.2, 0.25) is 0 Å². The number of methoxy groups -OCH3 is 1. The number of Topliss-reactive ketones (excluding diaryl/α,β-unsaturated/α-hetero) is 1. The quantitative estimate of drug-likeness (QED) is 0.331. The number of fused-ring (bicyclic) bond motifs is 1. The molecule has 0 saturated carbocycles. The van der Waals surface area contributed by atoms with Crippen LogP contribution < -0.4 is 4.74 Å². The van der Waals surface area contributed by atoms with Gasteiger partial charge in [0.2, 0.25) is 0 Å². The average Bonchev–Trinajstić information content (AvgIpc) is 2.70. The van der Waals surface area contributed by atoms with Crippen molar-refractivity contribution in [2.75, 3.05) is 13.7 Å². The molecule has 0 saturated heterocycles. The third-order valence-corrected chi connectivity index (χ3v) is 4.50. The van der Waals surface area contributed by atoms with E-state index in [1.165, 1.54) is 6.08 Å². The molecule has 3 rings (SSSR count). The summed E-state index contributed by atoms with van der Waals surface area (Å²) in [7, 11) is 1.54. The molecule has 5 nitrogen and oxygen atoms in total. The van der Waals surface area contributed by atoms with E-state index >= 15 is 0 Å². The molecule has 2 aromatic carbocycles. The van der Waals surface area contributed by atoms with Crippen LogP contribution in [0.1, 0.15) is 15.9 Å². The van der Waals surface area contributed by atoms with Gasteiger partial charge in [-0.25, -0.2) is 4.79 Å². The van der Waals surface area contributed by atoms with Crippen molar-refractivity contribution in [3.05, 3.63) is 76.4 Å². The average molecular weight is 426 g/mol. The molecule has 0 fully saturated rings. The van der Waals surface area contributed by atoms with Gasteiger partial charge in [-0.2, -0.15) is 0 Å². The minimum Gasteiger partial charge on any atom is -0.496 e. The normalized spacial score (nSPS) is 10.9. The van der Waals surface area contributed by atoms with Gasteiger partial charge in [0, 0.05) is 28.8 Å². The van der Waals surface area contributed by atoms with Gasteiger partial charge in [-0.3, -0.25) is 9.78 Å². The van der Waals surface area contributed by atoms with E-state index in [0.717, 1.165) is 16.5 Å². The second kappa shape index (κ2) is 8.60. The Hall–Kier alpha value is -2.99. The van der Waals surface area contributed by atoms with Crippen molar-refractivity contribution in [1.29, 1.82) is 0 Å². The van der Waals surface area contributed by atoms with E-state index in [1.807, 2.05) is 30.3 Å². The van der Waals surface area contributed by atoms with Gasteiger partial charge in [-0.05, 0) is 46.3 Å². The number of rotatable bonds is 6. The molecule has 0 aliphatic heterocycles. The number of nitrogens with zero attached hydrogens (tertiary/aromatic N) is 1. The summed E-state index contributed by atoms with van der Waals surface area (Å²) in [6.07, 6.45) is 4.62. The van der Waals surface area contributed by atoms with Gasteiger partial charge in [-0.1, -0.05) is 24.3 Å². The predicted molar refractivity (Wildman–Crippen MR) is 107 cm³/mol. The number of benzene rings is 2. The van der Waals surface area contributed by atoms with Crippen LogP contribution in [0.5, 0.6) is 5.75 Å². The first-order chi connectivity index (χ1) is 13.1. The molecule has 0 bridgehead atoms. The molecular formula is C21H16BrNO4. The number of aromatic nitrogens is 1. The minimum atomic E-state index is -0.594. The molecular weight excluding hydrogens is 410 g/mol. The Morgan fingerprint density at radius 3 is 2.74 bits per heavy atom. The molecule has 136 valence electrons. The number of halogens is 1. The fourth-order valence-electron chi connectivity index (χ4n) is 2.53. The first kappa shape index (κ1) is 18.8. The Bertz CT molecular complexity index is 1020. The number of carbonyl (C=O) groups excluding carboxylic acids is 2. The van der Waals surface area contributed by atoms with E-state index in [0.29, 0.717) is 15.8 Å². The summed E-state index contributed by atoms with van der Waals surface area (Å²) in [4.78, 5) is 28.4. The highest BCUT2D eigenvalue weighted by molar-refractivity contribution is 9.10. The zero-order chi connectivity index (χ0) is 19.2. The third kappa shape index (κ3) is 4.60. The van der Waals surface area contributed by atoms with Crippen molar-refractivity contribution >= 4 is 44.7 Å². The number of ketones is 1. The van der Waals surface area contributed by atoms with Gasteiger partial charge in [0.25, 0.3) is 0 Å². The monoisotopic (exact) mass is 425 g/mol. The Labute approximate surface area is 164 Å². The molecule has 0 N–H and O–H groups in total. The molecule has 0 atom stereocenters. The number of hydrogen-bond acceptors (Lipinski definition) is 5. The van der Waals surface area contributed by atoms with E-state index < -0.39 is 5.97 Å². The van der Waals surface area contributed by atoms with Crippen molar-refractivity contribution in [3.63, 3.8) is 0 Å². The Morgan fingerprint density at radius 1 is 1.15 bits per heavy atom. The Balaban J connectivity index is 1.63. The molecule has 0 amide bonds. The van der Waals surface area contributed by atoms with Crippen LogP contribution >= 0.6 is 15.9 Å². The fraction of sp³-hybridized carbons (Fsp3) is 0.0952. The molecule has 6 heteroatoms. The number of carbonyl (C=O) groups is 2. The van der Waals surface area contributed by atoms with Crippen LogP contribution in [0.25, 0.3) is 17.0 Å². The van der Waals surface area contributed by atoms with Crippen molar-refractivity contribution in [1.82, 2.24) is 4.98 Å². The summed E-state index contributed by atoms with van der Waals surface area (Å²) in [5.74, 6) is -0.272. The summed E-state index contributed by atoms with van der Waals surface area (Å²) in [5, 5.41) is 0.980. The van der Waals surface area contributed by atoms with Gasteiger partial charge in [0.05, 0.1) is 17.1 Å². The molecule has 27 heavy (non-hydrogen) atoms. The standard InChI is InChI=1S/C21H16BrNO4/c1-26-19-9-7-16(12-17(19)22)18(24)13-27-20(25)10-8-15-5-2-4-14-6-3-11-23-21(14)15/h2-12H,13H2,1H3/b10-8-. The summed E-state index contributed by atoms with van der Waals surface area (Å²) in [6.45, 7) is -0.338. The van der Waals surface area contributed by atoms with Crippen LogP contribution in [-0.4, -0.2) is 30.5 Å². The summed E-state index contributed by atoms with van der Waals surface area (Å²) in [6, 6.07) is 14.4. The van der Waals surface area contributed by atoms with Gasteiger partial charge in [-0.15, -0.1) is 0 Å². The van der Waals surface area contributed by atoms with Crippen molar-refractivity contribution < 1.29 is 19.1 Å². The number of esters is 1. The van der Waals surface area contributed by atoms with Crippen LogP contribution in [0.3, 0.4) is 0 Å². The zero-order valence-electron chi connectivity index (χ0n) is 14.5. The number of hydrogen-bond donors (Lipinski definition) is 0. The SMILES string of the molecule is COc1ccc(C(=O)COC(=O)/C=C\c2cccc3cccnc23)cc1Br. The number of para-hydroxylation sites is 1. The largest absolute Gasteiger partial charge is 0.496 e. The number of pyridine rings is 1. The van der Waals surface area contributed by atoms with E-state index in [1.54, 1.807) is 37.6 Å². The predicted octanol–water partition coefficient (Wildman–Crippen LogP) is 4.45. The lowest BCUT2D eigenvalue weighted by Gasteiger charge is -2.06. The molecule has 0 unspecified atom stereocenters. The molecule has 3 aromatic rings. The van der Waals surface area contributed by atoms with Crippen LogP contribution in [0.4, 0.5) is 0 Å². The highest BCUT2D eigenvalue weighted by Crippen LogP contribution is 2.25. The van der Waals surface area contributed by atoms with E-state index in [-0.39, 0.29) is 12.4 Å². The van der Waals surface area contributed by atoms with E-state index in [9.17, 15) is 9.59 Å². The number of ether oxygens (including phenoxy) is 2. The summed E-state index contributed by atoms with van der Waals surface area (Å²) in [5.41, 5.74) is 2.02. The molecule has 1 aromatic heterocycles. The topological polar surface area (TPSA) is 65.5 Å². The first-order valence-corrected chi connectivity index (χ1v) is 8.93. The second-order valence-corrected chi connectivity index (χ2v) is 6.49. The highest BCUT2D eigenvalue weighted by atomic mass is 79.9. The van der Waals surface area contributed by atoms with Gasteiger partial charge >= 0.3 is 5.97 Å². The molecule has 0 spiro atoms. The summed E-state index contributed by atoms with van der Waals surface area (Å²) >= 11 is 3.32.